The van der Waals surface area contributed by atoms with Crippen LogP contribution in [0.15, 0.2) is 10.8 Å². The van der Waals surface area contributed by atoms with E-state index in [4.69, 9.17) is 5.73 Å². The van der Waals surface area contributed by atoms with Gasteiger partial charge in [0.25, 0.3) is 5.91 Å². The lowest BCUT2D eigenvalue weighted by Gasteiger charge is -1.98. The van der Waals surface area contributed by atoms with Crippen LogP contribution >= 0.6 is 22.7 Å². The van der Waals surface area contributed by atoms with Crippen molar-refractivity contribution in [3.8, 4) is 0 Å². The Balaban J connectivity index is 2.09. The van der Waals surface area contributed by atoms with E-state index in [0.717, 1.165) is 10.7 Å². The Bertz CT molecular complexity index is 532. The van der Waals surface area contributed by atoms with Crippen LogP contribution in [0.5, 0.6) is 0 Å². The number of hydrogen-bond donors (Lipinski definition) is 2. The monoisotopic (exact) mass is 268 g/mol. The summed E-state index contributed by atoms with van der Waals surface area (Å²) in [6.07, 6.45) is 0. The highest BCUT2D eigenvalue weighted by Crippen LogP contribution is 2.18. The third-order valence-electron chi connectivity index (χ3n) is 1.98. The number of nitrogens with two attached hydrogens (primary N) is 1. The molecule has 0 saturated carbocycles. The van der Waals surface area contributed by atoms with Gasteiger partial charge >= 0.3 is 0 Å². The molecule has 1 amide bonds. The molecule has 0 spiro atoms. The van der Waals surface area contributed by atoms with Crippen LogP contribution < -0.4 is 11.1 Å². The lowest BCUT2D eigenvalue weighted by atomic mass is 10.4. The molecule has 7 heteroatoms. The lowest BCUT2D eigenvalue weighted by Crippen LogP contribution is -2.13. The van der Waals surface area contributed by atoms with Crippen molar-refractivity contribution in [1.29, 1.82) is 0 Å². The molecule has 0 aliphatic rings. The number of nitrogens with one attached hydrogen (secondary N) is 1. The smallest absolute Gasteiger partial charge is 0.276 e. The summed E-state index contributed by atoms with van der Waals surface area (Å²) in [6.45, 7) is 3.72. The molecule has 17 heavy (non-hydrogen) atoms. The van der Waals surface area contributed by atoms with Gasteiger partial charge in [-0.15, -0.1) is 22.7 Å². The van der Waals surface area contributed by atoms with E-state index in [0.29, 0.717) is 10.8 Å². The molecule has 0 aliphatic heterocycles. The number of aromatic nitrogens is 2. The van der Waals surface area contributed by atoms with E-state index in [1.807, 2.05) is 19.2 Å². The predicted molar refractivity (Wildman–Crippen MR) is 69.5 cm³/mol. The Labute approximate surface area is 107 Å². The normalized spacial score (nSPS) is 12.4. The Morgan fingerprint density at radius 1 is 1.41 bits per heavy atom. The van der Waals surface area contributed by atoms with Crippen molar-refractivity contribution in [3.63, 3.8) is 0 Å². The molecule has 0 fully saturated rings. The summed E-state index contributed by atoms with van der Waals surface area (Å²) in [7, 11) is 0. The van der Waals surface area contributed by atoms with Crippen LogP contribution in [0.25, 0.3) is 0 Å². The summed E-state index contributed by atoms with van der Waals surface area (Å²) >= 11 is 2.78. The molecular weight excluding hydrogens is 256 g/mol. The number of carbonyl (C=O) groups is 1. The van der Waals surface area contributed by atoms with Crippen molar-refractivity contribution >= 4 is 33.7 Å². The Morgan fingerprint density at radius 3 is 2.71 bits per heavy atom. The second kappa shape index (κ2) is 4.91. The summed E-state index contributed by atoms with van der Waals surface area (Å²) in [5.74, 6) is -0.248. The van der Waals surface area contributed by atoms with Crippen LogP contribution in [0.2, 0.25) is 0 Å². The van der Waals surface area contributed by atoms with Crippen molar-refractivity contribution in [2.45, 2.75) is 19.9 Å². The number of anilines is 1. The molecule has 2 aromatic heterocycles. The SMILES string of the molecule is Cc1csc(NC(=O)c2csc(C(C)N)n2)n1. The van der Waals surface area contributed by atoms with Crippen molar-refractivity contribution in [2.75, 3.05) is 5.32 Å². The average molecular weight is 268 g/mol. The molecule has 0 aromatic carbocycles. The third-order valence-corrected chi connectivity index (χ3v) is 3.90. The maximum absolute atomic E-state index is 11.8. The van der Waals surface area contributed by atoms with E-state index in [2.05, 4.69) is 15.3 Å². The van der Waals surface area contributed by atoms with Gasteiger partial charge < -0.3 is 5.73 Å². The standard InChI is InChI=1S/C10H12N4OS2/c1-5-3-17-10(12-5)14-8(15)7-4-16-9(13-7)6(2)11/h3-4,6H,11H2,1-2H3,(H,12,14,15). The fourth-order valence-corrected chi connectivity index (χ4v) is 2.61. The van der Waals surface area contributed by atoms with Gasteiger partial charge in [-0.05, 0) is 13.8 Å². The van der Waals surface area contributed by atoms with Crippen LogP contribution in [0, 0.1) is 6.92 Å². The first-order chi connectivity index (χ1) is 8.06. The lowest BCUT2D eigenvalue weighted by molar-refractivity contribution is 0.102. The van der Waals surface area contributed by atoms with Crippen molar-refractivity contribution in [2.24, 2.45) is 5.73 Å². The highest BCUT2D eigenvalue weighted by molar-refractivity contribution is 7.14. The second-order valence-electron chi connectivity index (χ2n) is 3.61. The zero-order valence-electron chi connectivity index (χ0n) is 9.43. The summed E-state index contributed by atoms with van der Waals surface area (Å²) in [5.41, 5.74) is 6.96. The number of carbonyl (C=O) groups excluding carboxylic acids is 1. The van der Waals surface area contributed by atoms with E-state index in [1.165, 1.54) is 22.7 Å². The molecule has 1 unspecified atom stereocenters. The largest absolute Gasteiger partial charge is 0.322 e. The third kappa shape index (κ3) is 2.87. The van der Waals surface area contributed by atoms with Crippen LogP contribution in [0.4, 0.5) is 5.13 Å². The minimum Gasteiger partial charge on any atom is -0.322 e. The minimum absolute atomic E-state index is 0.149. The van der Waals surface area contributed by atoms with E-state index in [-0.39, 0.29) is 11.9 Å². The van der Waals surface area contributed by atoms with Gasteiger partial charge in [0, 0.05) is 10.8 Å². The second-order valence-corrected chi connectivity index (χ2v) is 5.36. The predicted octanol–water partition coefficient (Wildman–Crippen LogP) is 2.18. The number of rotatable bonds is 3. The zero-order valence-corrected chi connectivity index (χ0v) is 11.1. The van der Waals surface area contributed by atoms with Crippen molar-refractivity contribution in [3.05, 3.63) is 27.2 Å². The molecule has 1 atom stereocenters. The van der Waals surface area contributed by atoms with Crippen LogP contribution in [0.3, 0.4) is 0 Å². The Kier molecular flexibility index (Phi) is 3.51. The van der Waals surface area contributed by atoms with Crippen LogP contribution in [-0.2, 0) is 0 Å². The van der Waals surface area contributed by atoms with Gasteiger partial charge in [-0.1, -0.05) is 0 Å². The van der Waals surface area contributed by atoms with Crippen molar-refractivity contribution in [1.82, 2.24) is 9.97 Å². The number of nitrogens with zero attached hydrogens (tertiary/aromatic N) is 2. The summed E-state index contributed by atoms with van der Waals surface area (Å²) in [5, 5.41) is 7.63. The van der Waals surface area contributed by atoms with Gasteiger partial charge in [0.1, 0.15) is 10.7 Å². The topological polar surface area (TPSA) is 80.9 Å². The molecule has 0 bridgehead atoms. The van der Waals surface area contributed by atoms with Crippen LogP contribution in [-0.4, -0.2) is 15.9 Å². The van der Waals surface area contributed by atoms with Gasteiger partial charge in [-0.25, -0.2) is 9.97 Å². The molecule has 2 rings (SSSR count). The molecule has 3 N–H and O–H groups in total. The first-order valence-corrected chi connectivity index (χ1v) is 6.76. The van der Waals surface area contributed by atoms with Gasteiger partial charge in [0.2, 0.25) is 0 Å². The fraction of sp³-hybridized carbons (Fsp3) is 0.300. The summed E-state index contributed by atoms with van der Waals surface area (Å²) in [4.78, 5) is 20.1. The highest BCUT2D eigenvalue weighted by Gasteiger charge is 2.13. The molecule has 2 aromatic rings. The number of amides is 1. The zero-order chi connectivity index (χ0) is 12.4. The number of aryl methyl sites for hydroxylation is 1. The minimum atomic E-state index is -0.248. The quantitative estimate of drug-likeness (QED) is 0.894. The average Bonchev–Trinajstić information content (AvgIpc) is 2.86. The number of thiazole rings is 2. The number of hydrogen-bond acceptors (Lipinski definition) is 6. The first kappa shape index (κ1) is 12.2. The Hall–Kier alpha value is -1.31. The van der Waals surface area contributed by atoms with E-state index in [1.54, 1.807) is 5.38 Å². The molecule has 0 saturated heterocycles. The van der Waals surface area contributed by atoms with Crippen LogP contribution in [0.1, 0.15) is 34.2 Å². The maximum atomic E-state index is 11.8. The molecule has 5 nitrogen and oxygen atoms in total. The Morgan fingerprint density at radius 2 is 2.18 bits per heavy atom. The highest BCUT2D eigenvalue weighted by atomic mass is 32.1. The van der Waals surface area contributed by atoms with Gasteiger partial charge in [-0.3, -0.25) is 10.1 Å². The molecular formula is C10H12N4OS2. The molecule has 0 radical (unpaired) electrons. The first-order valence-electron chi connectivity index (χ1n) is 5.00. The molecule has 0 aliphatic carbocycles. The van der Waals surface area contributed by atoms with Gasteiger partial charge in [-0.2, -0.15) is 0 Å². The summed E-state index contributed by atoms with van der Waals surface area (Å²) < 4.78 is 0. The van der Waals surface area contributed by atoms with E-state index in [9.17, 15) is 4.79 Å². The van der Waals surface area contributed by atoms with E-state index < -0.39 is 0 Å². The summed E-state index contributed by atoms with van der Waals surface area (Å²) in [6, 6.07) is -0.149. The van der Waals surface area contributed by atoms with Gasteiger partial charge in [0.05, 0.1) is 11.7 Å². The maximum Gasteiger partial charge on any atom is 0.276 e. The fourth-order valence-electron chi connectivity index (χ4n) is 1.17. The van der Waals surface area contributed by atoms with Crippen molar-refractivity contribution < 1.29 is 4.79 Å². The molecule has 90 valence electrons. The molecule has 2 heterocycles. The van der Waals surface area contributed by atoms with Gasteiger partial charge in [0.15, 0.2) is 5.13 Å². The van der Waals surface area contributed by atoms with E-state index >= 15 is 0 Å².